The maximum absolute atomic E-state index is 11.8. The normalized spacial score (nSPS) is 9.63. The third-order valence-corrected chi connectivity index (χ3v) is 3.03. The van der Waals surface area contributed by atoms with Crippen LogP contribution in [0, 0.1) is 11.3 Å². The Morgan fingerprint density at radius 1 is 1.32 bits per heavy atom. The van der Waals surface area contributed by atoms with Crippen LogP contribution in [0.5, 0.6) is 0 Å². The molecule has 0 aliphatic heterocycles. The summed E-state index contributed by atoms with van der Waals surface area (Å²) in [5.41, 5.74) is 0.839. The number of carboxylic acids is 1. The molecule has 7 heteroatoms. The molecule has 0 aliphatic carbocycles. The smallest absolute Gasteiger partial charge is 0.355 e. The number of carbonyl (C=O) groups is 2. The molecule has 94 valence electrons. The van der Waals surface area contributed by atoms with Crippen molar-refractivity contribution >= 4 is 28.9 Å². The Kier molecular flexibility index (Phi) is 3.54. The van der Waals surface area contributed by atoms with Crippen molar-refractivity contribution < 1.29 is 14.7 Å². The van der Waals surface area contributed by atoms with Crippen molar-refractivity contribution in [2.45, 2.75) is 0 Å². The van der Waals surface area contributed by atoms with Gasteiger partial charge in [-0.25, -0.2) is 9.78 Å². The minimum absolute atomic E-state index is 0.0711. The fraction of sp³-hybridized carbons (Fsp3) is 0. The Morgan fingerprint density at radius 3 is 2.53 bits per heavy atom. The van der Waals surface area contributed by atoms with Crippen molar-refractivity contribution in [1.29, 1.82) is 5.26 Å². The van der Waals surface area contributed by atoms with Crippen LogP contribution >= 0.6 is 11.3 Å². The maximum Gasteiger partial charge on any atom is 0.355 e. The van der Waals surface area contributed by atoms with Gasteiger partial charge < -0.3 is 10.4 Å². The fourth-order valence-corrected chi connectivity index (χ4v) is 1.97. The molecule has 0 atom stereocenters. The molecule has 0 fully saturated rings. The lowest BCUT2D eigenvalue weighted by molar-refractivity contribution is 0.0691. The number of amides is 1. The zero-order chi connectivity index (χ0) is 13.8. The van der Waals surface area contributed by atoms with Gasteiger partial charge in [-0.05, 0) is 24.3 Å². The van der Waals surface area contributed by atoms with Crippen molar-refractivity contribution in [3.05, 3.63) is 45.9 Å². The summed E-state index contributed by atoms with van der Waals surface area (Å²) in [7, 11) is 0. The van der Waals surface area contributed by atoms with E-state index in [4.69, 9.17) is 10.4 Å². The number of nitriles is 1. The molecule has 2 N–H and O–H groups in total. The lowest BCUT2D eigenvalue weighted by Gasteiger charge is -2.02. The molecule has 2 aromatic rings. The van der Waals surface area contributed by atoms with E-state index in [2.05, 4.69) is 10.3 Å². The Balaban J connectivity index is 2.11. The van der Waals surface area contributed by atoms with Crippen molar-refractivity contribution in [1.82, 2.24) is 4.98 Å². The molecule has 0 bridgehead atoms. The number of nitrogens with zero attached hydrogens (tertiary/aromatic N) is 2. The Bertz CT molecular complexity index is 670. The van der Waals surface area contributed by atoms with E-state index in [1.165, 1.54) is 5.38 Å². The number of rotatable bonds is 3. The highest BCUT2D eigenvalue weighted by Crippen LogP contribution is 2.14. The standard InChI is InChI=1S/C12H7N3O3S/c13-5-7-1-3-8(4-2-7)14-10(16)11-15-9(6-19-11)12(17)18/h1-4,6H,(H,14,16)(H,17,18). The first-order valence-corrected chi connectivity index (χ1v) is 5.98. The first-order valence-electron chi connectivity index (χ1n) is 5.10. The molecule has 1 heterocycles. The number of benzene rings is 1. The monoisotopic (exact) mass is 273 g/mol. The van der Waals surface area contributed by atoms with E-state index in [1.54, 1.807) is 24.3 Å². The molecule has 0 spiro atoms. The van der Waals surface area contributed by atoms with Crippen LogP contribution in [0.4, 0.5) is 5.69 Å². The molecule has 2 rings (SSSR count). The van der Waals surface area contributed by atoms with Gasteiger partial charge in [-0.15, -0.1) is 11.3 Å². The first-order chi connectivity index (χ1) is 9.10. The molecule has 0 saturated heterocycles. The van der Waals surface area contributed by atoms with Crippen molar-refractivity contribution in [2.24, 2.45) is 0 Å². The highest BCUT2D eigenvalue weighted by molar-refractivity contribution is 7.12. The summed E-state index contributed by atoms with van der Waals surface area (Å²) in [6.07, 6.45) is 0. The Hall–Kier alpha value is -2.72. The largest absolute Gasteiger partial charge is 0.476 e. The molecule has 0 unspecified atom stereocenters. The SMILES string of the molecule is N#Cc1ccc(NC(=O)c2nc(C(=O)O)cs2)cc1. The maximum atomic E-state index is 11.8. The van der Waals surface area contributed by atoms with Gasteiger partial charge in [-0.1, -0.05) is 0 Å². The van der Waals surface area contributed by atoms with Gasteiger partial charge in [0.15, 0.2) is 10.7 Å². The van der Waals surface area contributed by atoms with Crippen LogP contribution in [0.3, 0.4) is 0 Å². The lowest BCUT2D eigenvalue weighted by Crippen LogP contribution is -2.12. The number of carboxylic acid groups (broad SMARTS) is 1. The molecular weight excluding hydrogens is 266 g/mol. The molecular formula is C12H7N3O3S. The molecule has 6 nitrogen and oxygen atoms in total. The average Bonchev–Trinajstić information content (AvgIpc) is 2.89. The summed E-state index contributed by atoms with van der Waals surface area (Å²) in [6.45, 7) is 0. The topological polar surface area (TPSA) is 103 Å². The van der Waals surface area contributed by atoms with Gasteiger partial charge in [0, 0.05) is 11.1 Å². The van der Waals surface area contributed by atoms with Gasteiger partial charge in [0.05, 0.1) is 11.6 Å². The van der Waals surface area contributed by atoms with Gasteiger partial charge >= 0.3 is 5.97 Å². The molecule has 19 heavy (non-hydrogen) atoms. The third kappa shape index (κ3) is 2.94. The first kappa shape index (κ1) is 12.7. The molecule has 1 aromatic heterocycles. The van der Waals surface area contributed by atoms with Crippen LogP contribution < -0.4 is 5.32 Å². The Labute approximate surface area is 112 Å². The van der Waals surface area contributed by atoms with Crippen LogP contribution in [0.25, 0.3) is 0 Å². The Morgan fingerprint density at radius 2 is 2.00 bits per heavy atom. The number of nitrogens with one attached hydrogen (secondary N) is 1. The second-order valence-corrected chi connectivity index (χ2v) is 4.34. The zero-order valence-corrected chi connectivity index (χ0v) is 10.3. The number of thiazole rings is 1. The number of aromatic nitrogens is 1. The fourth-order valence-electron chi connectivity index (χ4n) is 1.29. The van der Waals surface area contributed by atoms with Crippen LogP contribution in [0.1, 0.15) is 25.9 Å². The summed E-state index contributed by atoms with van der Waals surface area (Å²) >= 11 is 0.957. The second kappa shape index (κ2) is 5.29. The average molecular weight is 273 g/mol. The van der Waals surface area contributed by atoms with Gasteiger partial charge in [-0.2, -0.15) is 5.26 Å². The number of carbonyl (C=O) groups excluding carboxylic acids is 1. The quantitative estimate of drug-likeness (QED) is 0.889. The number of anilines is 1. The van der Waals surface area contributed by atoms with Gasteiger partial charge in [0.2, 0.25) is 0 Å². The summed E-state index contributed by atoms with van der Waals surface area (Å²) in [6, 6.07) is 8.28. The van der Waals surface area contributed by atoms with E-state index in [-0.39, 0.29) is 10.7 Å². The summed E-state index contributed by atoms with van der Waals surface area (Å²) in [5.74, 6) is -1.66. The van der Waals surface area contributed by atoms with Crippen molar-refractivity contribution in [2.75, 3.05) is 5.32 Å². The third-order valence-electron chi connectivity index (χ3n) is 2.19. The van der Waals surface area contributed by atoms with Crippen LogP contribution in [-0.2, 0) is 0 Å². The molecule has 0 aliphatic rings. The number of hydrogen-bond acceptors (Lipinski definition) is 5. The molecule has 1 aromatic carbocycles. The summed E-state index contributed by atoms with van der Waals surface area (Å²) in [4.78, 5) is 26.1. The zero-order valence-electron chi connectivity index (χ0n) is 9.45. The predicted octanol–water partition coefficient (Wildman–Crippen LogP) is 1.97. The lowest BCUT2D eigenvalue weighted by atomic mass is 10.2. The van der Waals surface area contributed by atoms with E-state index in [9.17, 15) is 9.59 Å². The van der Waals surface area contributed by atoms with Crippen molar-refractivity contribution in [3.8, 4) is 6.07 Å². The van der Waals surface area contributed by atoms with E-state index >= 15 is 0 Å². The van der Waals surface area contributed by atoms with Crippen molar-refractivity contribution in [3.63, 3.8) is 0 Å². The summed E-state index contributed by atoms with van der Waals surface area (Å²) < 4.78 is 0. The van der Waals surface area contributed by atoms with Gasteiger partial charge in [-0.3, -0.25) is 4.79 Å². The number of hydrogen-bond donors (Lipinski definition) is 2. The van der Waals surface area contributed by atoms with Gasteiger partial charge in [0.1, 0.15) is 0 Å². The second-order valence-electron chi connectivity index (χ2n) is 3.49. The van der Waals surface area contributed by atoms with E-state index in [0.717, 1.165) is 11.3 Å². The minimum atomic E-state index is -1.17. The summed E-state index contributed by atoms with van der Waals surface area (Å²) in [5, 5.41) is 21.3. The minimum Gasteiger partial charge on any atom is -0.476 e. The molecule has 0 saturated carbocycles. The van der Waals surface area contributed by atoms with E-state index in [1.807, 2.05) is 6.07 Å². The van der Waals surface area contributed by atoms with Crippen LogP contribution in [-0.4, -0.2) is 22.0 Å². The predicted molar refractivity (Wildman–Crippen MR) is 68.2 cm³/mol. The molecule has 1 amide bonds. The van der Waals surface area contributed by atoms with E-state index < -0.39 is 11.9 Å². The highest BCUT2D eigenvalue weighted by atomic mass is 32.1. The van der Waals surface area contributed by atoms with Gasteiger partial charge in [0.25, 0.3) is 5.91 Å². The number of aromatic carboxylic acids is 1. The van der Waals surface area contributed by atoms with Crippen LogP contribution in [0.2, 0.25) is 0 Å². The van der Waals surface area contributed by atoms with Crippen LogP contribution in [0.15, 0.2) is 29.6 Å². The molecule has 0 radical (unpaired) electrons. The van der Waals surface area contributed by atoms with E-state index in [0.29, 0.717) is 11.3 Å². The highest BCUT2D eigenvalue weighted by Gasteiger charge is 2.14.